The number of rotatable bonds is 1. The van der Waals surface area contributed by atoms with Crippen LogP contribution in [0.2, 0.25) is 0 Å². The van der Waals surface area contributed by atoms with Crippen LogP contribution in [0.15, 0.2) is 24.3 Å². The number of benzene rings is 1. The highest BCUT2D eigenvalue weighted by molar-refractivity contribution is 5.28. The normalized spacial score (nSPS) is 16.3. The summed E-state index contributed by atoms with van der Waals surface area (Å²) in [6.45, 7) is 2.06. The molecular formula is C15H18O. The van der Waals surface area contributed by atoms with Gasteiger partial charge < -0.3 is 4.74 Å². The van der Waals surface area contributed by atoms with E-state index in [1.54, 1.807) is 0 Å². The summed E-state index contributed by atoms with van der Waals surface area (Å²) in [6.07, 6.45) is 9.35. The van der Waals surface area contributed by atoms with E-state index in [9.17, 15) is 0 Å². The fourth-order valence-electron chi connectivity index (χ4n) is 2.10. The molecule has 1 aromatic carbocycles. The monoisotopic (exact) mass is 214 g/mol. The van der Waals surface area contributed by atoms with Crippen LogP contribution in [0.5, 0.6) is 5.75 Å². The van der Waals surface area contributed by atoms with Crippen molar-refractivity contribution in [2.75, 3.05) is 0 Å². The molecule has 0 atom stereocenters. The van der Waals surface area contributed by atoms with Gasteiger partial charge in [0.05, 0.1) is 0 Å². The predicted octanol–water partition coefficient (Wildman–Crippen LogP) is 3.92. The van der Waals surface area contributed by atoms with Gasteiger partial charge in [0.25, 0.3) is 0 Å². The average molecular weight is 214 g/mol. The topological polar surface area (TPSA) is 9.23 Å². The van der Waals surface area contributed by atoms with Crippen molar-refractivity contribution in [2.24, 2.45) is 5.92 Å². The highest BCUT2D eigenvalue weighted by atomic mass is 16.5. The van der Waals surface area contributed by atoms with Gasteiger partial charge in [-0.05, 0) is 37.5 Å². The lowest BCUT2D eigenvalue weighted by molar-refractivity contribution is 0.426. The van der Waals surface area contributed by atoms with E-state index >= 15 is 0 Å². The maximum Gasteiger partial charge on any atom is 0.140 e. The molecule has 1 aliphatic carbocycles. The van der Waals surface area contributed by atoms with Crippen molar-refractivity contribution in [3.63, 3.8) is 0 Å². The maximum atomic E-state index is 5.43. The molecule has 1 fully saturated rings. The van der Waals surface area contributed by atoms with Crippen LogP contribution in [0.3, 0.4) is 0 Å². The maximum absolute atomic E-state index is 5.43. The first-order valence-corrected chi connectivity index (χ1v) is 6.08. The zero-order valence-electron chi connectivity index (χ0n) is 9.83. The fourth-order valence-corrected chi connectivity index (χ4v) is 2.10. The van der Waals surface area contributed by atoms with Gasteiger partial charge in [0, 0.05) is 5.92 Å². The van der Waals surface area contributed by atoms with E-state index in [1.807, 2.05) is 18.2 Å². The van der Waals surface area contributed by atoms with Crippen molar-refractivity contribution in [3.8, 4) is 17.8 Å². The van der Waals surface area contributed by atoms with Gasteiger partial charge in [0.2, 0.25) is 0 Å². The third-order valence-corrected chi connectivity index (χ3v) is 3.03. The minimum absolute atomic E-state index is 0.554. The molecule has 0 bridgehead atoms. The highest BCUT2D eigenvalue weighted by Crippen LogP contribution is 2.22. The second-order valence-corrected chi connectivity index (χ2v) is 4.50. The Labute approximate surface area is 97.8 Å². The van der Waals surface area contributed by atoms with Crippen LogP contribution in [0.1, 0.15) is 37.7 Å². The predicted molar refractivity (Wildman–Crippen MR) is 66.2 cm³/mol. The Kier molecular flexibility index (Phi) is 3.88. The molecule has 1 nitrogen and oxygen atoms in total. The lowest BCUT2D eigenvalue weighted by atomic mass is 9.90. The van der Waals surface area contributed by atoms with E-state index in [4.69, 9.17) is 4.74 Å². The lowest BCUT2D eigenvalue weighted by Crippen LogP contribution is -2.03. The van der Waals surface area contributed by atoms with Crippen molar-refractivity contribution in [1.29, 1.82) is 0 Å². The molecule has 0 aliphatic heterocycles. The lowest BCUT2D eigenvalue weighted by Gasteiger charge is -2.15. The van der Waals surface area contributed by atoms with Gasteiger partial charge in [-0.2, -0.15) is 0 Å². The van der Waals surface area contributed by atoms with Gasteiger partial charge in [-0.25, -0.2) is 0 Å². The van der Waals surface area contributed by atoms with E-state index in [0.29, 0.717) is 5.92 Å². The Balaban J connectivity index is 1.88. The van der Waals surface area contributed by atoms with E-state index < -0.39 is 0 Å². The molecule has 1 aromatic rings. The smallest absolute Gasteiger partial charge is 0.140 e. The molecule has 0 N–H and O–H groups in total. The Hall–Kier alpha value is -1.42. The molecule has 0 radical (unpaired) electrons. The number of hydrogen-bond acceptors (Lipinski definition) is 1. The molecule has 0 saturated heterocycles. The van der Waals surface area contributed by atoms with Crippen molar-refractivity contribution in [3.05, 3.63) is 29.8 Å². The minimum Gasteiger partial charge on any atom is -0.408 e. The molecule has 1 aliphatic rings. The molecule has 0 aromatic heterocycles. The standard InChI is InChI=1S/C15H18O/c1-13-6-5-9-15(12-13)16-11-10-14-7-3-2-4-8-14/h5-6,9,12,14H,2-4,7-8H2,1H3. The first-order chi connectivity index (χ1) is 7.84. The Morgan fingerprint density at radius 3 is 2.75 bits per heavy atom. The van der Waals surface area contributed by atoms with Crippen LogP contribution in [0, 0.1) is 24.9 Å². The summed E-state index contributed by atoms with van der Waals surface area (Å²) in [7, 11) is 0. The second kappa shape index (κ2) is 5.61. The van der Waals surface area contributed by atoms with Crippen molar-refractivity contribution in [1.82, 2.24) is 0 Å². The van der Waals surface area contributed by atoms with Gasteiger partial charge in [-0.15, -0.1) is 0 Å². The van der Waals surface area contributed by atoms with Crippen LogP contribution >= 0.6 is 0 Å². The molecule has 16 heavy (non-hydrogen) atoms. The van der Waals surface area contributed by atoms with E-state index in [1.165, 1.54) is 37.7 Å². The molecule has 1 saturated carbocycles. The summed E-state index contributed by atoms with van der Waals surface area (Å²) < 4.78 is 5.43. The summed E-state index contributed by atoms with van der Waals surface area (Å²) in [5, 5.41) is 0. The fraction of sp³-hybridized carbons (Fsp3) is 0.467. The first-order valence-electron chi connectivity index (χ1n) is 6.08. The summed E-state index contributed by atoms with van der Waals surface area (Å²) in [5.41, 5.74) is 1.21. The number of hydrogen-bond donors (Lipinski definition) is 0. The van der Waals surface area contributed by atoms with E-state index in [0.717, 1.165) is 5.75 Å². The van der Waals surface area contributed by atoms with Crippen molar-refractivity contribution < 1.29 is 4.74 Å². The van der Waals surface area contributed by atoms with Crippen molar-refractivity contribution in [2.45, 2.75) is 39.0 Å². The first kappa shape index (κ1) is 11.1. The van der Waals surface area contributed by atoms with Crippen LogP contribution in [-0.2, 0) is 0 Å². The summed E-state index contributed by atoms with van der Waals surface area (Å²) in [6, 6.07) is 8.01. The average Bonchev–Trinajstić information content (AvgIpc) is 2.30. The second-order valence-electron chi connectivity index (χ2n) is 4.50. The van der Waals surface area contributed by atoms with E-state index in [-0.39, 0.29) is 0 Å². The quantitative estimate of drug-likeness (QED) is 0.644. The third kappa shape index (κ3) is 3.31. The molecule has 0 amide bonds. The highest BCUT2D eigenvalue weighted by Gasteiger charge is 2.09. The molecule has 0 spiro atoms. The van der Waals surface area contributed by atoms with E-state index in [2.05, 4.69) is 25.0 Å². The number of ether oxygens (including phenoxy) is 1. The largest absolute Gasteiger partial charge is 0.408 e. The SMILES string of the molecule is Cc1cccc(OC#CC2CCCCC2)c1. The molecule has 0 heterocycles. The van der Waals surface area contributed by atoms with Crippen molar-refractivity contribution >= 4 is 0 Å². The van der Waals surface area contributed by atoms with Gasteiger partial charge in [0.1, 0.15) is 11.9 Å². The molecule has 84 valence electrons. The Bertz CT molecular complexity index is 391. The molecular weight excluding hydrogens is 196 g/mol. The Morgan fingerprint density at radius 2 is 2.00 bits per heavy atom. The Morgan fingerprint density at radius 1 is 1.19 bits per heavy atom. The zero-order valence-corrected chi connectivity index (χ0v) is 9.83. The van der Waals surface area contributed by atoms with Crippen LogP contribution in [0.25, 0.3) is 0 Å². The molecule has 1 heteroatoms. The van der Waals surface area contributed by atoms with Crippen LogP contribution in [0.4, 0.5) is 0 Å². The van der Waals surface area contributed by atoms with Gasteiger partial charge >= 0.3 is 0 Å². The summed E-state index contributed by atoms with van der Waals surface area (Å²) >= 11 is 0. The summed E-state index contributed by atoms with van der Waals surface area (Å²) in [5.74, 6) is 4.62. The van der Waals surface area contributed by atoms with Gasteiger partial charge in [-0.3, -0.25) is 0 Å². The van der Waals surface area contributed by atoms with Gasteiger partial charge in [0.15, 0.2) is 0 Å². The summed E-state index contributed by atoms with van der Waals surface area (Å²) in [4.78, 5) is 0. The third-order valence-electron chi connectivity index (χ3n) is 3.03. The zero-order chi connectivity index (χ0) is 11.2. The van der Waals surface area contributed by atoms with Crippen LogP contribution in [-0.4, -0.2) is 0 Å². The number of aryl methyl sites for hydroxylation is 1. The molecule has 2 rings (SSSR count). The molecule has 0 unspecified atom stereocenters. The van der Waals surface area contributed by atoms with Crippen LogP contribution < -0.4 is 4.74 Å². The minimum atomic E-state index is 0.554. The van der Waals surface area contributed by atoms with Gasteiger partial charge in [-0.1, -0.05) is 37.3 Å².